The van der Waals surface area contributed by atoms with Gasteiger partial charge in [0.2, 0.25) is 5.91 Å². The van der Waals surface area contributed by atoms with Gasteiger partial charge in [-0.15, -0.1) is 0 Å². The second-order valence-corrected chi connectivity index (χ2v) is 6.34. The fourth-order valence-corrected chi connectivity index (χ4v) is 2.64. The lowest BCUT2D eigenvalue weighted by atomic mass is 10.2. The highest BCUT2D eigenvalue weighted by Crippen LogP contribution is 2.27. The number of aromatic hydroxyl groups is 1. The molecular formula is C23H21N3O5. The number of phenolic OH excluding ortho intramolecular Hbond substituents is 1. The van der Waals surface area contributed by atoms with Crippen molar-refractivity contribution in [2.45, 2.75) is 0 Å². The third-order valence-corrected chi connectivity index (χ3v) is 4.18. The minimum Gasteiger partial charge on any atom is -0.504 e. The van der Waals surface area contributed by atoms with Crippen LogP contribution in [0.25, 0.3) is 6.08 Å². The van der Waals surface area contributed by atoms with Crippen LogP contribution in [0, 0.1) is 0 Å². The molecule has 0 radical (unpaired) electrons. The Kier molecular flexibility index (Phi) is 6.85. The molecule has 31 heavy (non-hydrogen) atoms. The molecule has 3 N–H and O–H groups in total. The predicted octanol–water partition coefficient (Wildman–Crippen LogP) is 3.60. The molecule has 0 aliphatic heterocycles. The number of nitrogens with zero attached hydrogens (tertiary/aromatic N) is 1. The van der Waals surface area contributed by atoms with Gasteiger partial charge in [-0.2, -0.15) is 0 Å². The summed E-state index contributed by atoms with van der Waals surface area (Å²) in [4.78, 5) is 27.8. The summed E-state index contributed by atoms with van der Waals surface area (Å²) >= 11 is 0. The van der Waals surface area contributed by atoms with Gasteiger partial charge in [0.1, 0.15) is 17.2 Å². The van der Waals surface area contributed by atoms with Crippen LogP contribution >= 0.6 is 0 Å². The van der Waals surface area contributed by atoms with E-state index in [0.29, 0.717) is 28.5 Å². The molecule has 1 heterocycles. The zero-order valence-corrected chi connectivity index (χ0v) is 17.0. The Morgan fingerprint density at radius 2 is 1.81 bits per heavy atom. The molecule has 8 heteroatoms. The summed E-state index contributed by atoms with van der Waals surface area (Å²) in [5.41, 5.74) is 1.49. The summed E-state index contributed by atoms with van der Waals surface area (Å²) in [6, 6.07) is 14.8. The standard InChI is InChI=1S/C23H21N3O5/c1-24-23(29)19-14-18(11-12-25-19)31-17-7-5-16(6-8-17)26-22(28)10-4-15-3-9-21(30-2)20(27)13-15/h3-14,27H,1-2H3,(H,24,29)(H,26,28). The third kappa shape index (κ3) is 5.83. The maximum Gasteiger partial charge on any atom is 0.269 e. The lowest BCUT2D eigenvalue weighted by Crippen LogP contribution is -2.18. The Bertz CT molecular complexity index is 1110. The van der Waals surface area contributed by atoms with Crippen LogP contribution < -0.4 is 20.1 Å². The van der Waals surface area contributed by atoms with Crippen molar-refractivity contribution in [3.8, 4) is 23.0 Å². The van der Waals surface area contributed by atoms with Crippen molar-refractivity contribution in [1.82, 2.24) is 10.3 Å². The minimum atomic E-state index is -0.326. The Hall–Kier alpha value is -4.33. The van der Waals surface area contributed by atoms with Gasteiger partial charge in [0.15, 0.2) is 11.5 Å². The molecule has 0 fully saturated rings. The largest absolute Gasteiger partial charge is 0.504 e. The number of amides is 2. The number of ether oxygens (including phenoxy) is 2. The molecule has 1 aromatic heterocycles. The average Bonchev–Trinajstić information content (AvgIpc) is 2.79. The second-order valence-electron chi connectivity index (χ2n) is 6.34. The van der Waals surface area contributed by atoms with E-state index in [1.807, 2.05) is 0 Å². The van der Waals surface area contributed by atoms with E-state index < -0.39 is 0 Å². The molecule has 0 saturated heterocycles. The minimum absolute atomic E-state index is 0.00251. The number of carbonyl (C=O) groups is 2. The van der Waals surface area contributed by atoms with Crippen LogP contribution in [-0.2, 0) is 4.79 Å². The summed E-state index contributed by atoms with van der Waals surface area (Å²) in [7, 11) is 2.99. The number of rotatable bonds is 7. The molecule has 0 spiro atoms. The first-order valence-electron chi connectivity index (χ1n) is 9.30. The average molecular weight is 419 g/mol. The van der Waals surface area contributed by atoms with E-state index in [-0.39, 0.29) is 23.3 Å². The van der Waals surface area contributed by atoms with Crippen molar-refractivity contribution in [2.24, 2.45) is 0 Å². The number of pyridine rings is 1. The first kappa shape index (κ1) is 21.4. The van der Waals surface area contributed by atoms with Crippen molar-refractivity contribution in [3.05, 3.63) is 78.1 Å². The number of anilines is 1. The number of nitrogens with one attached hydrogen (secondary N) is 2. The summed E-state index contributed by atoms with van der Waals surface area (Å²) in [6.07, 6.45) is 4.44. The van der Waals surface area contributed by atoms with Gasteiger partial charge in [0.05, 0.1) is 7.11 Å². The summed E-state index contributed by atoms with van der Waals surface area (Å²) in [5.74, 6) is 0.736. The van der Waals surface area contributed by atoms with Crippen molar-refractivity contribution < 1.29 is 24.2 Å². The van der Waals surface area contributed by atoms with E-state index in [2.05, 4.69) is 15.6 Å². The molecule has 0 bridgehead atoms. The summed E-state index contributed by atoms with van der Waals surface area (Å²) < 4.78 is 10.7. The Balaban J connectivity index is 1.59. The molecule has 3 aromatic rings. The maximum atomic E-state index is 12.1. The van der Waals surface area contributed by atoms with Crippen LogP contribution in [0.4, 0.5) is 5.69 Å². The van der Waals surface area contributed by atoms with Crippen molar-refractivity contribution in [2.75, 3.05) is 19.5 Å². The van der Waals surface area contributed by atoms with Crippen LogP contribution in [0.2, 0.25) is 0 Å². The first-order valence-corrected chi connectivity index (χ1v) is 9.30. The van der Waals surface area contributed by atoms with Crippen LogP contribution in [0.15, 0.2) is 66.9 Å². The lowest BCUT2D eigenvalue weighted by Gasteiger charge is -2.08. The van der Waals surface area contributed by atoms with Crippen molar-refractivity contribution >= 4 is 23.6 Å². The van der Waals surface area contributed by atoms with Gasteiger partial charge < -0.3 is 25.2 Å². The third-order valence-electron chi connectivity index (χ3n) is 4.18. The normalized spacial score (nSPS) is 10.5. The van der Waals surface area contributed by atoms with Crippen molar-refractivity contribution in [1.29, 1.82) is 0 Å². The molecule has 158 valence electrons. The molecule has 2 aromatic carbocycles. The van der Waals surface area contributed by atoms with Crippen molar-refractivity contribution in [3.63, 3.8) is 0 Å². The topological polar surface area (TPSA) is 110 Å². The number of carbonyl (C=O) groups excluding carboxylic acids is 2. The number of hydrogen-bond donors (Lipinski definition) is 3. The van der Waals surface area contributed by atoms with Gasteiger partial charge in [-0.05, 0) is 54.1 Å². The van der Waals surface area contributed by atoms with E-state index in [9.17, 15) is 14.7 Å². The molecule has 0 unspecified atom stereocenters. The molecule has 0 saturated carbocycles. The molecule has 0 aliphatic rings. The monoisotopic (exact) mass is 419 g/mol. The highest BCUT2D eigenvalue weighted by molar-refractivity contribution is 6.02. The molecule has 0 atom stereocenters. The molecule has 8 nitrogen and oxygen atoms in total. The summed E-state index contributed by atoms with van der Waals surface area (Å²) in [6.45, 7) is 0. The van der Waals surface area contributed by atoms with E-state index >= 15 is 0 Å². The van der Waals surface area contributed by atoms with Gasteiger partial charge >= 0.3 is 0 Å². The van der Waals surface area contributed by atoms with Gasteiger partial charge in [0.25, 0.3) is 5.91 Å². The number of benzene rings is 2. The second kappa shape index (κ2) is 9.93. The zero-order chi connectivity index (χ0) is 22.2. The highest BCUT2D eigenvalue weighted by atomic mass is 16.5. The number of phenols is 1. The lowest BCUT2D eigenvalue weighted by molar-refractivity contribution is -0.111. The SMILES string of the molecule is CNC(=O)c1cc(Oc2ccc(NC(=O)C=Cc3ccc(OC)c(O)c3)cc2)ccn1. The van der Waals surface area contributed by atoms with Gasteiger partial charge in [-0.1, -0.05) is 6.07 Å². The number of aromatic nitrogens is 1. The van der Waals surface area contributed by atoms with Crippen LogP contribution in [0.3, 0.4) is 0 Å². The Morgan fingerprint density at radius 1 is 1.03 bits per heavy atom. The first-order chi connectivity index (χ1) is 15.0. The smallest absolute Gasteiger partial charge is 0.269 e. The number of methoxy groups -OCH3 is 1. The fourth-order valence-electron chi connectivity index (χ4n) is 2.64. The molecule has 2 amide bonds. The van der Waals surface area contributed by atoms with E-state index in [4.69, 9.17) is 9.47 Å². The van der Waals surface area contributed by atoms with Crippen LogP contribution in [0.5, 0.6) is 23.0 Å². The quantitative estimate of drug-likeness (QED) is 0.505. The predicted molar refractivity (Wildman–Crippen MR) is 116 cm³/mol. The Morgan fingerprint density at radius 3 is 2.48 bits per heavy atom. The van der Waals surface area contributed by atoms with Gasteiger partial charge in [0, 0.05) is 31.1 Å². The zero-order valence-electron chi connectivity index (χ0n) is 17.0. The van der Waals surface area contributed by atoms with E-state index in [1.54, 1.807) is 48.5 Å². The molecular weight excluding hydrogens is 398 g/mol. The number of hydrogen-bond acceptors (Lipinski definition) is 6. The highest BCUT2D eigenvalue weighted by Gasteiger charge is 2.07. The van der Waals surface area contributed by atoms with E-state index in [0.717, 1.165) is 0 Å². The fraction of sp³-hybridized carbons (Fsp3) is 0.0870. The van der Waals surface area contributed by atoms with Crippen LogP contribution in [0.1, 0.15) is 16.1 Å². The Labute approximate surface area is 179 Å². The molecule has 3 rings (SSSR count). The maximum absolute atomic E-state index is 12.1. The van der Waals surface area contributed by atoms with E-state index in [1.165, 1.54) is 38.6 Å². The van der Waals surface area contributed by atoms with Crippen LogP contribution in [-0.4, -0.2) is 36.1 Å². The summed E-state index contributed by atoms with van der Waals surface area (Å²) in [5, 5.41) is 15.0. The molecule has 0 aliphatic carbocycles. The van der Waals surface area contributed by atoms with Gasteiger partial charge in [-0.3, -0.25) is 14.6 Å². The van der Waals surface area contributed by atoms with Gasteiger partial charge in [-0.25, -0.2) is 0 Å².